The summed E-state index contributed by atoms with van der Waals surface area (Å²) in [5.41, 5.74) is 7.30. The van der Waals surface area contributed by atoms with E-state index in [2.05, 4.69) is 43.2 Å². The van der Waals surface area contributed by atoms with Crippen LogP contribution >= 0.6 is 11.3 Å². The standard InChI is InChI=1S/C21H23N3OS/c1-13-9-14(2)19(15(3)10-13)18-12-26-21(22-18)23-20(25)16-7-6-8-17(11-16)24(4)5/h6-12H,1-5H3,(H,22,23,25). The molecule has 0 spiro atoms. The molecule has 1 amide bonds. The lowest BCUT2D eigenvalue weighted by Gasteiger charge is -2.13. The maximum atomic E-state index is 12.6. The molecule has 134 valence electrons. The van der Waals surface area contributed by atoms with Crippen LogP contribution in [-0.4, -0.2) is 25.0 Å². The summed E-state index contributed by atoms with van der Waals surface area (Å²) in [4.78, 5) is 19.2. The number of amides is 1. The number of anilines is 2. The number of carbonyl (C=O) groups excluding carboxylic acids is 1. The fourth-order valence-corrected chi connectivity index (χ4v) is 3.82. The number of thiazole rings is 1. The molecule has 0 unspecified atom stereocenters. The second-order valence-corrected chi connectivity index (χ2v) is 7.57. The molecule has 5 heteroatoms. The van der Waals surface area contributed by atoms with Gasteiger partial charge in [0.1, 0.15) is 0 Å². The first-order valence-corrected chi connectivity index (χ1v) is 9.35. The summed E-state index contributed by atoms with van der Waals surface area (Å²) in [6.45, 7) is 6.29. The first-order chi connectivity index (χ1) is 12.3. The first kappa shape index (κ1) is 18.1. The van der Waals surface area contributed by atoms with E-state index in [-0.39, 0.29) is 5.91 Å². The number of rotatable bonds is 4. The maximum Gasteiger partial charge on any atom is 0.257 e. The van der Waals surface area contributed by atoms with Crippen LogP contribution in [0.25, 0.3) is 11.3 Å². The van der Waals surface area contributed by atoms with Gasteiger partial charge in [-0.05, 0) is 50.1 Å². The van der Waals surface area contributed by atoms with Crippen molar-refractivity contribution in [3.63, 3.8) is 0 Å². The maximum absolute atomic E-state index is 12.6. The molecule has 0 fully saturated rings. The summed E-state index contributed by atoms with van der Waals surface area (Å²) >= 11 is 1.45. The molecule has 1 heterocycles. The third kappa shape index (κ3) is 3.78. The van der Waals surface area contributed by atoms with E-state index in [4.69, 9.17) is 0 Å². The molecule has 3 aromatic rings. The molecular formula is C21H23N3OS. The Morgan fingerprint density at radius 1 is 1.08 bits per heavy atom. The van der Waals surface area contributed by atoms with E-state index in [9.17, 15) is 4.79 Å². The van der Waals surface area contributed by atoms with Gasteiger partial charge >= 0.3 is 0 Å². The van der Waals surface area contributed by atoms with E-state index < -0.39 is 0 Å². The highest BCUT2D eigenvalue weighted by atomic mass is 32.1. The highest BCUT2D eigenvalue weighted by Gasteiger charge is 2.13. The Morgan fingerprint density at radius 2 is 1.77 bits per heavy atom. The minimum atomic E-state index is -0.146. The van der Waals surface area contributed by atoms with Gasteiger partial charge in [-0.3, -0.25) is 10.1 Å². The van der Waals surface area contributed by atoms with Gasteiger partial charge in [0.05, 0.1) is 5.69 Å². The van der Waals surface area contributed by atoms with Gasteiger partial charge in [0.25, 0.3) is 5.91 Å². The van der Waals surface area contributed by atoms with Gasteiger partial charge in [0, 0.05) is 36.3 Å². The Balaban J connectivity index is 1.83. The van der Waals surface area contributed by atoms with E-state index in [1.165, 1.54) is 28.0 Å². The lowest BCUT2D eigenvalue weighted by molar-refractivity contribution is 0.102. The van der Waals surface area contributed by atoms with E-state index in [0.717, 1.165) is 16.9 Å². The van der Waals surface area contributed by atoms with Crippen molar-refractivity contribution in [2.75, 3.05) is 24.3 Å². The highest BCUT2D eigenvalue weighted by Crippen LogP contribution is 2.31. The number of hydrogen-bond acceptors (Lipinski definition) is 4. The Hall–Kier alpha value is -2.66. The number of hydrogen-bond donors (Lipinski definition) is 1. The number of nitrogens with zero attached hydrogens (tertiary/aromatic N) is 2. The van der Waals surface area contributed by atoms with Crippen LogP contribution in [0.1, 0.15) is 27.0 Å². The molecule has 3 rings (SSSR count). The zero-order valence-electron chi connectivity index (χ0n) is 15.8. The molecule has 26 heavy (non-hydrogen) atoms. The average molecular weight is 366 g/mol. The van der Waals surface area contributed by atoms with Crippen molar-refractivity contribution >= 4 is 28.1 Å². The molecule has 2 aromatic carbocycles. The lowest BCUT2D eigenvalue weighted by atomic mass is 9.98. The normalized spacial score (nSPS) is 10.7. The van der Waals surface area contributed by atoms with Crippen LogP contribution in [0, 0.1) is 20.8 Å². The van der Waals surface area contributed by atoms with E-state index in [0.29, 0.717) is 10.7 Å². The van der Waals surface area contributed by atoms with Crippen molar-refractivity contribution < 1.29 is 4.79 Å². The summed E-state index contributed by atoms with van der Waals surface area (Å²) in [5.74, 6) is -0.146. The molecule has 1 N–H and O–H groups in total. The average Bonchev–Trinajstić information content (AvgIpc) is 3.02. The largest absolute Gasteiger partial charge is 0.378 e. The van der Waals surface area contributed by atoms with Crippen molar-refractivity contribution in [2.24, 2.45) is 0 Å². The van der Waals surface area contributed by atoms with E-state index >= 15 is 0 Å². The second kappa shape index (κ2) is 7.30. The smallest absolute Gasteiger partial charge is 0.257 e. The van der Waals surface area contributed by atoms with Gasteiger partial charge in [0.15, 0.2) is 5.13 Å². The molecule has 0 aliphatic rings. The Bertz CT molecular complexity index is 936. The number of benzene rings is 2. The van der Waals surface area contributed by atoms with Crippen molar-refractivity contribution in [3.8, 4) is 11.3 Å². The third-order valence-corrected chi connectivity index (χ3v) is 5.04. The van der Waals surface area contributed by atoms with E-state index in [1.54, 1.807) is 0 Å². The van der Waals surface area contributed by atoms with Crippen LogP contribution in [0.5, 0.6) is 0 Å². The van der Waals surface area contributed by atoms with Crippen molar-refractivity contribution in [1.82, 2.24) is 4.98 Å². The molecule has 0 radical (unpaired) electrons. The monoisotopic (exact) mass is 365 g/mol. The fourth-order valence-electron chi connectivity index (χ4n) is 3.12. The molecule has 1 aromatic heterocycles. The molecular weight excluding hydrogens is 342 g/mol. The zero-order chi connectivity index (χ0) is 18.8. The van der Waals surface area contributed by atoms with Crippen molar-refractivity contribution in [3.05, 3.63) is 64.0 Å². The van der Waals surface area contributed by atoms with Gasteiger partial charge in [-0.2, -0.15) is 0 Å². The van der Waals surface area contributed by atoms with Crippen LogP contribution in [0.4, 0.5) is 10.8 Å². The number of nitrogens with one attached hydrogen (secondary N) is 1. The van der Waals surface area contributed by atoms with Crippen LogP contribution in [-0.2, 0) is 0 Å². The summed E-state index contributed by atoms with van der Waals surface area (Å²) in [6, 6.07) is 11.9. The number of aryl methyl sites for hydroxylation is 3. The molecule has 0 aliphatic heterocycles. The topological polar surface area (TPSA) is 45.2 Å². The SMILES string of the molecule is Cc1cc(C)c(-c2csc(NC(=O)c3cccc(N(C)C)c3)n2)c(C)c1. The third-order valence-electron chi connectivity index (χ3n) is 4.28. The Morgan fingerprint density at radius 3 is 2.42 bits per heavy atom. The predicted octanol–water partition coefficient (Wildman–Crippen LogP) is 5.05. The van der Waals surface area contributed by atoms with Gasteiger partial charge < -0.3 is 4.90 Å². The highest BCUT2D eigenvalue weighted by molar-refractivity contribution is 7.14. The van der Waals surface area contributed by atoms with Crippen LogP contribution in [0.3, 0.4) is 0 Å². The van der Waals surface area contributed by atoms with Crippen LogP contribution in [0.15, 0.2) is 41.8 Å². The van der Waals surface area contributed by atoms with Crippen LogP contribution < -0.4 is 10.2 Å². The quantitative estimate of drug-likeness (QED) is 0.703. The summed E-state index contributed by atoms with van der Waals surface area (Å²) < 4.78 is 0. The number of aromatic nitrogens is 1. The first-order valence-electron chi connectivity index (χ1n) is 8.47. The lowest BCUT2D eigenvalue weighted by Crippen LogP contribution is -2.14. The van der Waals surface area contributed by atoms with Gasteiger partial charge in [-0.1, -0.05) is 23.8 Å². The summed E-state index contributed by atoms with van der Waals surface area (Å²) in [5, 5.41) is 5.52. The van der Waals surface area contributed by atoms with E-state index in [1.807, 2.05) is 48.6 Å². The van der Waals surface area contributed by atoms with Crippen molar-refractivity contribution in [1.29, 1.82) is 0 Å². The molecule has 0 saturated heterocycles. The van der Waals surface area contributed by atoms with Crippen LogP contribution in [0.2, 0.25) is 0 Å². The van der Waals surface area contributed by atoms with Crippen molar-refractivity contribution in [2.45, 2.75) is 20.8 Å². The molecule has 0 saturated carbocycles. The minimum Gasteiger partial charge on any atom is -0.378 e. The molecule has 0 bridgehead atoms. The Kier molecular flexibility index (Phi) is 5.09. The second-order valence-electron chi connectivity index (χ2n) is 6.71. The number of carbonyl (C=O) groups is 1. The summed E-state index contributed by atoms with van der Waals surface area (Å²) in [7, 11) is 3.91. The predicted molar refractivity (Wildman–Crippen MR) is 110 cm³/mol. The summed E-state index contributed by atoms with van der Waals surface area (Å²) in [6.07, 6.45) is 0. The minimum absolute atomic E-state index is 0.146. The molecule has 4 nitrogen and oxygen atoms in total. The zero-order valence-corrected chi connectivity index (χ0v) is 16.6. The van der Waals surface area contributed by atoms with Gasteiger partial charge in [-0.25, -0.2) is 4.98 Å². The fraction of sp³-hybridized carbons (Fsp3) is 0.238. The Labute approximate surface area is 158 Å². The van der Waals surface area contributed by atoms with Gasteiger partial charge in [-0.15, -0.1) is 11.3 Å². The molecule has 0 atom stereocenters. The molecule has 0 aliphatic carbocycles. The van der Waals surface area contributed by atoms with Gasteiger partial charge in [0.2, 0.25) is 0 Å².